The molecule has 1 aromatic carbocycles. The van der Waals surface area contributed by atoms with E-state index in [4.69, 9.17) is 9.73 Å². The van der Waals surface area contributed by atoms with E-state index in [9.17, 15) is 4.79 Å². The highest BCUT2D eigenvalue weighted by Gasteiger charge is 2.26. The van der Waals surface area contributed by atoms with Crippen molar-refractivity contribution in [2.24, 2.45) is 4.99 Å². The number of carbonyl (C=O) groups is 1. The largest absolute Gasteiger partial charge is 0.497 e. The molecule has 1 saturated heterocycles. The van der Waals surface area contributed by atoms with E-state index in [1.807, 2.05) is 17.0 Å². The summed E-state index contributed by atoms with van der Waals surface area (Å²) in [6.45, 7) is 9.81. The molecule has 1 aromatic rings. The van der Waals surface area contributed by atoms with Gasteiger partial charge in [0.25, 0.3) is 0 Å². The summed E-state index contributed by atoms with van der Waals surface area (Å²) < 4.78 is 5.23. The molecule has 0 radical (unpaired) electrons. The van der Waals surface area contributed by atoms with Gasteiger partial charge < -0.3 is 20.3 Å². The number of likely N-dealkylation sites (tertiary alicyclic amines) is 1. The molecule has 1 fully saturated rings. The number of methoxy groups -OCH3 is 1. The Kier molecular flexibility index (Phi) is 9.81. The molecule has 1 amide bonds. The average Bonchev–Trinajstić information content (AvgIpc) is 3.16. The summed E-state index contributed by atoms with van der Waals surface area (Å²) in [5.74, 6) is 2.51. The number of nitrogens with one attached hydrogen (secondary N) is 2. The van der Waals surface area contributed by atoms with Crippen LogP contribution in [-0.2, 0) is 4.79 Å². The van der Waals surface area contributed by atoms with Crippen LogP contribution in [0.1, 0.15) is 64.4 Å². The minimum atomic E-state index is 0.304. The van der Waals surface area contributed by atoms with Crippen LogP contribution in [0.3, 0.4) is 0 Å². The lowest BCUT2D eigenvalue weighted by Gasteiger charge is -2.26. The third kappa shape index (κ3) is 7.26. The van der Waals surface area contributed by atoms with Gasteiger partial charge in [0.1, 0.15) is 5.75 Å². The van der Waals surface area contributed by atoms with Crippen LogP contribution in [0.4, 0.5) is 0 Å². The Morgan fingerprint density at radius 3 is 2.55 bits per heavy atom. The number of ether oxygens (including phenoxy) is 1. The van der Waals surface area contributed by atoms with Gasteiger partial charge in [-0.3, -0.25) is 9.79 Å². The van der Waals surface area contributed by atoms with Crippen LogP contribution >= 0.6 is 0 Å². The molecule has 0 aliphatic carbocycles. The highest BCUT2D eigenvalue weighted by molar-refractivity contribution is 5.80. The predicted octanol–water partition coefficient (Wildman–Crippen LogP) is 3.54. The molecule has 1 aliphatic rings. The molecule has 2 unspecified atom stereocenters. The molecule has 6 nitrogen and oxygen atoms in total. The smallest absolute Gasteiger partial charge is 0.222 e. The number of aliphatic imine (C=N–C) groups is 1. The van der Waals surface area contributed by atoms with Crippen molar-refractivity contribution in [3.63, 3.8) is 0 Å². The molecule has 2 rings (SSSR count). The summed E-state index contributed by atoms with van der Waals surface area (Å²) in [6.07, 6.45) is 4.63. The molecule has 162 valence electrons. The summed E-state index contributed by atoms with van der Waals surface area (Å²) in [6, 6.07) is 8.60. The van der Waals surface area contributed by atoms with E-state index < -0.39 is 0 Å². The molecule has 0 spiro atoms. The van der Waals surface area contributed by atoms with Gasteiger partial charge in [-0.25, -0.2) is 0 Å². The molecule has 0 bridgehead atoms. The van der Waals surface area contributed by atoms with Gasteiger partial charge in [0.2, 0.25) is 5.91 Å². The van der Waals surface area contributed by atoms with Crippen LogP contribution in [0, 0.1) is 0 Å². The van der Waals surface area contributed by atoms with E-state index in [1.54, 1.807) is 7.11 Å². The summed E-state index contributed by atoms with van der Waals surface area (Å²) >= 11 is 0. The standard InChI is InChI=1S/C23H38N4O2/c1-5-20(27-17-7-8-22(27)28)14-16-26-23(24-6-2)25-15-13-18(3)19-9-11-21(29-4)12-10-19/h9-12,18,20H,5-8,13-17H2,1-4H3,(H2,24,25,26). The Morgan fingerprint density at radius 2 is 1.97 bits per heavy atom. The van der Waals surface area contributed by atoms with Crippen molar-refractivity contribution in [1.29, 1.82) is 0 Å². The van der Waals surface area contributed by atoms with Crippen LogP contribution in [0.2, 0.25) is 0 Å². The number of guanidine groups is 1. The zero-order valence-corrected chi connectivity index (χ0v) is 18.5. The first-order valence-electron chi connectivity index (χ1n) is 11.0. The van der Waals surface area contributed by atoms with Crippen molar-refractivity contribution in [1.82, 2.24) is 15.5 Å². The van der Waals surface area contributed by atoms with Crippen molar-refractivity contribution < 1.29 is 9.53 Å². The predicted molar refractivity (Wildman–Crippen MR) is 120 cm³/mol. The first kappa shape index (κ1) is 23.0. The molecule has 0 aromatic heterocycles. The summed E-state index contributed by atoms with van der Waals surface area (Å²) in [5, 5.41) is 6.77. The number of nitrogens with zero attached hydrogens (tertiary/aromatic N) is 2. The normalized spacial score (nSPS) is 16.6. The Bertz CT molecular complexity index is 645. The number of benzene rings is 1. The van der Waals surface area contributed by atoms with Crippen molar-refractivity contribution in [2.45, 2.75) is 64.8 Å². The zero-order valence-electron chi connectivity index (χ0n) is 18.5. The SMILES string of the molecule is CCNC(=NCCC(CC)N1CCCC1=O)NCCC(C)c1ccc(OC)cc1. The van der Waals surface area contributed by atoms with Gasteiger partial charge in [-0.15, -0.1) is 0 Å². The lowest BCUT2D eigenvalue weighted by molar-refractivity contribution is -0.129. The fourth-order valence-electron chi connectivity index (χ4n) is 3.81. The number of amides is 1. The van der Waals surface area contributed by atoms with E-state index in [0.29, 0.717) is 24.3 Å². The quantitative estimate of drug-likeness (QED) is 0.439. The lowest BCUT2D eigenvalue weighted by Crippen LogP contribution is -2.39. The molecule has 6 heteroatoms. The molecular weight excluding hydrogens is 364 g/mol. The first-order chi connectivity index (χ1) is 14.1. The Hall–Kier alpha value is -2.24. The van der Waals surface area contributed by atoms with Crippen LogP contribution in [-0.4, -0.2) is 56.1 Å². The maximum Gasteiger partial charge on any atom is 0.222 e. The molecule has 29 heavy (non-hydrogen) atoms. The fraction of sp³-hybridized carbons (Fsp3) is 0.652. The van der Waals surface area contributed by atoms with Crippen LogP contribution in [0.25, 0.3) is 0 Å². The number of carbonyl (C=O) groups excluding carboxylic acids is 1. The maximum absolute atomic E-state index is 12.0. The topological polar surface area (TPSA) is 66.0 Å². The monoisotopic (exact) mass is 402 g/mol. The van der Waals surface area contributed by atoms with Gasteiger partial charge in [0.05, 0.1) is 7.11 Å². The van der Waals surface area contributed by atoms with Crippen molar-refractivity contribution in [3.8, 4) is 5.75 Å². The van der Waals surface area contributed by atoms with Crippen LogP contribution in [0.15, 0.2) is 29.3 Å². The minimum Gasteiger partial charge on any atom is -0.497 e. The molecule has 1 aliphatic heterocycles. The highest BCUT2D eigenvalue weighted by Crippen LogP contribution is 2.21. The number of hydrogen-bond donors (Lipinski definition) is 2. The highest BCUT2D eigenvalue weighted by atomic mass is 16.5. The van der Waals surface area contributed by atoms with Crippen molar-refractivity contribution in [3.05, 3.63) is 29.8 Å². The third-order valence-corrected chi connectivity index (χ3v) is 5.65. The van der Waals surface area contributed by atoms with Gasteiger partial charge in [0, 0.05) is 38.6 Å². The molecule has 2 atom stereocenters. The van der Waals surface area contributed by atoms with Gasteiger partial charge >= 0.3 is 0 Å². The Labute approximate surface area is 176 Å². The van der Waals surface area contributed by atoms with Crippen molar-refractivity contribution in [2.75, 3.05) is 33.3 Å². The average molecular weight is 403 g/mol. The van der Waals surface area contributed by atoms with E-state index in [0.717, 1.165) is 63.6 Å². The number of hydrogen-bond acceptors (Lipinski definition) is 3. The molecular formula is C23H38N4O2. The zero-order chi connectivity index (χ0) is 21.1. The second kappa shape index (κ2) is 12.3. The second-order valence-electron chi connectivity index (χ2n) is 7.69. The lowest BCUT2D eigenvalue weighted by atomic mass is 9.98. The van der Waals surface area contributed by atoms with E-state index >= 15 is 0 Å². The summed E-state index contributed by atoms with van der Waals surface area (Å²) in [5.41, 5.74) is 1.32. The summed E-state index contributed by atoms with van der Waals surface area (Å²) in [4.78, 5) is 18.8. The van der Waals surface area contributed by atoms with Gasteiger partial charge in [-0.05, 0) is 56.2 Å². The maximum atomic E-state index is 12.0. The third-order valence-electron chi connectivity index (χ3n) is 5.65. The fourth-order valence-corrected chi connectivity index (χ4v) is 3.81. The minimum absolute atomic E-state index is 0.304. The van der Waals surface area contributed by atoms with Crippen LogP contribution in [0.5, 0.6) is 5.75 Å². The van der Waals surface area contributed by atoms with E-state index in [1.165, 1.54) is 5.56 Å². The number of rotatable bonds is 11. The first-order valence-corrected chi connectivity index (χ1v) is 11.0. The Morgan fingerprint density at radius 1 is 1.21 bits per heavy atom. The molecule has 2 N–H and O–H groups in total. The van der Waals surface area contributed by atoms with Crippen molar-refractivity contribution >= 4 is 11.9 Å². The van der Waals surface area contributed by atoms with E-state index in [2.05, 4.69) is 43.5 Å². The molecule has 1 heterocycles. The Balaban J connectivity index is 1.79. The van der Waals surface area contributed by atoms with Crippen LogP contribution < -0.4 is 15.4 Å². The second-order valence-corrected chi connectivity index (χ2v) is 7.69. The van der Waals surface area contributed by atoms with Gasteiger partial charge in [0.15, 0.2) is 5.96 Å². The van der Waals surface area contributed by atoms with E-state index in [-0.39, 0.29) is 0 Å². The van der Waals surface area contributed by atoms with Gasteiger partial charge in [-0.2, -0.15) is 0 Å². The summed E-state index contributed by atoms with van der Waals surface area (Å²) in [7, 11) is 1.69. The van der Waals surface area contributed by atoms with Gasteiger partial charge in [-0.1, -0.05) is 26.0 Å². The molecule has 0 saturated carbocycles.